The summed E-state index contributed by atoms with van der Waals surface area (Å²) in [7, 11) is 0. The van der Waals surface area contributed by atoms with Crippen LogP contribution in [0.5, 0.6) is 0 Å². The lowest BCUT2D eigenvalue weighted by Gasteiger charge is -2.23. The minimum absolute atomic E-state index is 0.645. The van der Waals surface area contributed by atoms with E-state index in [2.05, 4.69) is 15.2 Å². The van der Waals surface area contributed by atoms with Gasteiger partial charge in [-0.25, -0.2) is 4.98 Å². The third-order valence-corrected chi connectivity index (χ3v) is 2.75. The van der Waals surface area contributed by atoms with Crippen molar-refractivity contribution in [1.82, 2.24) is 19.6 Å². The van der Waals surface area contributed by atoms with E-state index in [1.54, 1.807) is 12.5 Å². The van der Waals surface area contributed by atoms with Gasteiger partial charge in [-0.05, 0) is 12.8 Å². The fraction of sp³-hybridized carbons (Fsp3) is 0.444. The van der Waals surface area contributed by atoms with Gasteiger partial charge in [0.05, 0.1) is 17.9 Å². The molecule has 0 aromatic carbocycles. The van der Waals surface area contributed by atoms with E-state index in [-0.39, 0.29) is 0 Å². The van der Waals surface area contributed by atoms with Crippen LogP contribution >= 0.6 is 0 Å². The Morgan fingerprint density at radius 3 is 2.92 bits per heavy atom. The molecule has 2 aromatic heterocycles. The third kappa shape index (κ3) is 0.946. The molecule has 0 N–H and O–H groups in total. The van der Waals surface area contributed by atoms with Crippen LogP contribution in [0.15, 0.2) is 18.7 Å². The average Bonchev–Trinajstić information content (AvgIpc) is 2.47. The molecule has 3 rings (SSSR count). The van der Waals surface area contributed by atoms with Crippen molar-refractivity contribution in [3.63, 3.8) is 0 Å². The van der Waals surface area contributed by atoms with Crippen LogP contribution < -0.4 is 0 Å². The van der Waals surface area contributed by atoms with Gasteiger partial charge in [0, 0.05) is 5.92 Å². The molecular weight excluding hydrogens is 164 g/mol. The summed E-state index contributed by atoms with van der Waals surface area (Å²) in [5.74, 6) is 1.79. The molecule has 0 amide bonds. The molecule has 0 atom stereocenters. The summed E-state index contributed by atoms with van der Waals surface area (Å²) < 4.78 is 2.04. The smallest absolute Gasteiger partial charge is 0.124 e. The molecule has 0 spiro atoms. The van der Waals surface area contributed by atoms with Crippen molar-refractivity contribution in [2.75, 3.05) is 0 Å². The molecular formula is C9H10N4. The number of aromatic nitrogens is 4. The second-order valence-electron chi connectivity index (χ2n) is 3.51. The lowest BCUT2D eigenvalue weighted by atomic mass is 9.85. The fourth-order valence-corrected chi connectivity index (χ4v) is 1.75. The summed E-state index contributed by atoms with van der Waals surface area (Å²) in [5, 5.41) is 7.68. The predicted molar refractivity (Wildman–Crippen MR) is 47.4 cm³/mol. The summed E-state index contributed by atoms with van der Waals surface area (Å²) in [5.41, 5.74) is 1.04. The molecule has 0 radical (unpaired) electrons. The molecule has 0 unspecified atom stereocenters. The Hall–Kier alpha value is -1.45. The zero-order valence-electron chi connectivity index (χ0n) is 7.22. The highest BCUT2D eigenvalue weighted by Crippen LogP contribution is 2.35. The van der Waals surface area contributed by atoms with Gasteiger partial charge in [0.2, 0.25) is 0 Å². The van der Waals surface area contributed by atoms with Crippen molar-refractivity contribution < 1.29 is 0 Å². The van der Waals surface area contributed by atoms with Crippen molar-refractivity contribution in [2.24, 2.45) is 0 Å². The summed E-state index contributed by atoms with van der Waals surface area (Å²) >= 11 is 0. The minimum atomic E-state index is 0.645. The Bertz CT molecular complexity index is 430. The van der Waals surface area contributed by atoms with Crippen molar-refractivity contribution in [3.8, 4) is 0 Å². The second-order valence-corrected chi connectivity index (χ2v) is 3.51. The molecule has 0 saturated heterocycles. The van der Waals surface area contributed by atoms with Crippen LogP contribution in [0.3, 0.4) is 0 Å². The Balaban J connectivity index is 2.17. The predicted octanol–water partition coefficient (Wildman–Crippen LogP) is 1.39. The zero-order chi connectivity index (χ0) is 8.67. The molecule has 1 aliphatic carbocycles. The van der Waals surface area contributed by atoms with Crippen LogP contribution in [0, 0.1) is 0 Å². The molecule has 0 bridgehead atoms. The molecule has 1 aliphatic rings. The zero-order valence-corrected chi connectivity index (χ0v) is 7.22. The second kappa shape index (κ2) is 2.52. The lowest BCUT2D eigenvalue weighted by Crippen LogP contribution is -2.12. The van der Waals surface area contributed by atoms with E-state index in [1.165, 1.54) is 19.3 Å². The molecule has 4 nitrogen and oxygen atoms in total. The number of rotatable bonds is 1. The third-order valence-electron chi connectivity index (χ3n) is 2.75. The first kappa shape index (κ1) is 7.00. The van der Waals surface area contributed by atoms with E-state index < -0.39 is 0 Å². The summed E-state index contributed by atoms with van der Waals surface area (Å²) in [6.45, 7) is 0. The van der Waals surface area contributed by atoms with E-state index in [0.29, 0.717) is 5.92 Å². The molecule has 4 heteroatoms. The fourth-order valence-electron chi connectivity index (χ4n) is 1.75. The molecule has 0 aliphatic heterocycles. The van der Waals surface area contributed by atoms with Crippen molar-refractivity contribution in [2.45, 2.75) is 25.2 Å². The highest BCUT2D eigenvalue weighted by molar-refractivity contribution is 5.42. The highest BCUT2D eigenvalue weighted by atomic mass is 15.2. The Kier molecular flexibility index (Phi) is 1.36. The molecule has 2 heterocycles. The topological polar surface area (TPSA) is 43.1 Å². The standard InChI is InChI=1S/C9H10N4/c1-2-7(3-1)9-10-4-8-5-11-12-6-13(8)9/h4-7H,1-3H2. The maximum Gasteiger partial charge on any atom is 0.124 e. The minimum Gasteiger partial charge on any atom is -0.284 e. The normalized spacial score (nSPS) is 17.5. The number of nitrogens with zero attached hydrogens (tertiary/aromatic N) is 4. The summed E-state index contributed by atoms with van der Waals surface area (Å²) in [6.07, 6.45) is 9.22. The maximum atomic E-state index is 4.40. The van der Waals surface area contributed by atoms with Gasteiger partial charge in [0.1, 0.15) is 12.2 Å². The van der Waals surface area contributed by atoms with Crippen LogP contribution in [0.25, 0.3) is 5.52 Å². The van der Waals surface area contributed by atoms with Crippen LogP contribution in [-0.2, 0) is 0 Å². The van der Waals surface area contributed by atoms with Crippen LogP contribution in [0.1, 0.15) is 31.0 Å². The van der Waals surface area contributed by atoms with Gasteiger partial charge in [-0.2, -0.15) is 5.10 Å². The first-order chi connectivity index (χ1) is 6.45. The first-order valence-electron chi connectivity index (χ1n) is 4.59. The Morgan fingerprint density at radius 2 is 2.15 bits per heavy atom. The van der Waals surface area contributed by atoms with E-state index in [1.807, 2.05) is 10.6 Å². The van der Waals surface area contributed by atoms with E-state index in [9.17, 15) is 0 Å². The number of hydrogen-bond acceptors (Lipinski definition) is 3. The molecule has 2 aromatic rings. The van der Waals surface area contributed by atoms with Crippen LogP contribution in [0.2, 0.25) is 0 Å². The van der Waals surface area contributed by atoms with Crippen molar-refractivity contribution in [1.29, 1.82) is 0 Å². The largest absolute Gasteiger partial charge is 0.284 e. The van der Waals surface area contributed by atoms with Gasteiger partial charge in [0.15, 0.2) is 0 Å². The molecule has 13 heavy (non-hydrogen) atoms. The highest BCUT2D eigenvalue weighted by Gasteiger charge is 2.23. The van der Waals surface area contributed by atoms with Crippen molar-refractivity contribution >= 4 is 5.52 Å². The van der Waals surface area contributed by atoms with Gasteiger partial charge < -0.3 is 0 Å². The van der Waals surface area contributed by atoms with Gasteiger partial charge in [-0.15, -0.1) is 5.10 Å². The van der Waals surface area contributed by atoms with Gasteiger partial charge >= 0.3 is 0 Å². The average molecular weight is 174 g/mol. The number of hydrogen-bond donors (Lipinski definition) is 0. The van der Waals surface area contributed by atoms with Gasteiger partial charge in [-0.3, -0.25) is 4.40 Å². The van der Waals surface area contributed by atoms with Crippen LogP contribution in [0.4, 0.5) is 0 Å². The van der Waals surface area contributed by atoms with Gasteiger partial charge in [-0.1, -0.05) is 6.42 Å². The van der Waals surface area contributed by atoms with Crippen LogP contribution in [-0.4, -0.2) is 19.6 Å². The SMILES string of the molecule is c1nncn2c(C3CCC3)ncc12. The Labute approximate surface area is 75.6 Å². The first-order valence-corrected chi connectivity index (χ1v) is 4.59. The Morgan fingerprint density at radius 1 is 1.23 bits per heavy atom. The maximum absolute atomic E-state index is 4.40. The number of fused-ring (bicyclic) bond motifs is 1. The summed E-state index contributed by atoms with van der Waals surface area (Å²) in [4.78, 5) is 4.40. The van der Waals surface area contributed by atoms with Crippen molar-refractivity contribution in [3.05, 3.63) is 24.5 Å². The van der Waals surface area contributed by atoms with E-state index in [0.717, 1.165) is 11.3 Å². The molecule has 66 valence electrons. The van der Waals surface area contributed by atoms with Gasteiger partial charge in [0.25, 0.3) is 0 Å². The van der Waals surface area contributed by atoms with E-state index in [4.69, 9.17) is 0 Å². The van der Waals surface area contributed by atoms with E-state index >= 15 is 0 Å². The lowest BCUT2D eigenvalue weighted by molar-refractivity contribution is 0.400. The monoisotopic (exact) mass is 174 g/mol. The molecule has 1 saturated carbocycles. The quantitative estimate of drug-likeness (QED) is 0.656. The summed E-state index contributed by atoms with van der Waals surface area (Å²) in [6, 6.07) is 0. The number of imidazole rings is 1. The molecule has 1 fully saturated rings.